The molecule has 2 heterocycles. The molecule has 0 aromatic carbocycles. The van der Waals surface area contributed by atoms with Crippen molar-refractivity contribution in [2.24, 2.45) is 0 Å². The molecule has 1 amide bonds. The standard InChI is InChI=1S/C16H27N3O/c1-4-9-18-10-7-8-15(18)16(20)19-12-13(5-2)17-11-14(19)6-3/h7-8,10,13-14,17H,4-6,9,11-12H2,1-3H3. The van der Waals surface area contributed by atoms with Crippen molar-refractivity contribution in [3.8, 4) is 0 Å². The van der Waals surface area contributed by atoms with Crippen LogP contribution in [0.5, 0.6) is 0 Å². The maximum absolute atomic E-state index is 12.9. The molecule has 1 saturated heterocycles. The van der Waals surface area contributed by atoms with Crippen LogP contribution in [0.1, 0.15) is 50.5 Å². The molecule has 2 rings (SSSR count). The van der Waals surface area contributed by atoms with Gasteiger partial charge in [0.05, 0.1) is 0 Å². The van der Waals surface area contributed by atoms with Crippen LogP contribution in [0.25, 0.3) is 0 Å². The third-order valence-corrected chi connectivity index (χ3v) is 4.24. The van der Waals surface area contributed by atoms with Gasteiger partial charge in [-0.1, -0.05) is 20.8 Å². The summed E-state index contributed by atoms with van der Waals surface area (Å²) in [6, 6.07) is 4.67. The normalized spacial score (nSPS) is 23.1. The number of hydrogen-bond acceptors (Lipinski definition) is 2. The minimum Gasteiger partial charge on any atom is -0.344 e. The van der Waals surface area contributed by atoms with Gasteiger partial charge in [-0.05, 0) is 31.4 Å². The highest BCUT2D eigenvalue weighted by atomic mass is 16.2. The molecule has 1 fully saturated rings. The lowest BCUT2D eigenvalue weighted by molar-refractivity contribution is 0.0565. The van der Waals surface area contributed by atoms with Gasteiger partial charge in [-0.15, -0.1) is 0 Å². The first-order valence-electron chi connectivity index (χ1n) is 7.90. The molecule has 4 heteroatoms. The van der Waals surface area contributed by atoms with Crippen LogP contribution in [-0.4, -0.2) is 40.5 Å². The number of amides is 1. The second kappa shape index (κ2) is 6.93. The van der Waals surface area contributed by atoms with E-state index in [9.17, 15) is 4.79 Å². The lowest BCUT2D eigenvalue weighted by atomic mass is 10.0. The van der Waals surface area contributed by atoms with Crippen LogP contribution in [0.2, 0.25) is 0 Å². The largest absolute Gasteiger partial charge is 0.344 e. The first kappa shape index (κ1) is 15.1. The second-order valence-corrected chi connectivity index (χ2v) is 5.62. The molecule has 0 saturated carbocycles. The predicted octanol–water partition coefficient (Wildman–Crippen LogP) is 2.50. The van der Waals surface area contributed by atoms with E-state index in [1.54, 1.807) is 0 Å². The topological polar surface area (TPSA) is 37.3 Å². The fourth-order valence-electron chi connectivity index (χ4n) is 2.94. The molecule has 0 bridgehead atoms. The van der Waals surface area contributed by atoms with E-state index in [1.165, 1.54) is 0 Å². The van der Waals surface area contributed by atoms with Gasteiger partial charge in [-0.3, -0.25) is 4.79 Å². The van der Waals surface area contributed by atoms with E-state index in [2.05, 4.69) is 35.6 Å². The van der Waals surface area contributed by atoms with Crippen LogP contribution >= 0.6 is 0 Å². The molecule has 0 aliphatic carbocycles. The lowest BCUT2D eigenvalue weighted by Crippen LogP contribution is -2.58. The molecule has 1 aromatic heterocycles. The molecular formula is C16H27N3O. The maximum atomic E-state index is 12.9. The number of aryl methyl sites for hydroxylation is 1. The Morgan fingerprint density at radius 2 is 2.15 bits per heavy atom. The summed E-state index contributed by atoms with van der Waals surface area (Å²) < 4.78 is 2.08. The number of carbonyl (C=O) groups is 1. The van der Waals surface area contributed by atoms with Gasteiger partial charge in [0.15, 0.2) is 0 Å². The summed E-state index contributed by atoms with van der Waals surface area (Å²) in [4.78, 5) is 14.9. The number of nitrogens with one attached hydrogen (secondary N) is 1. The molecular weight excluding hydrogens is 250 g/mol. The first-order valence-corrected chi connectivity index (χ1v) is 7.90. The molecule has 2 atom stereocenters. The van der Waals surface area contributed by atoms with Gasteiger partial charge in [-0.2, -0.15) is 0 Å². The fraction of sp³-hybridized carbons (Fsp3) is 0.688. The second-order valence-electron chi connectivity index (χ2n) is 5.62. The van der Waals surface area contributed by atoms with Crippen LogP contribution in [-0.2, 0) is 6.54 Å². The molecule has 2 unspecified atom stereocenters. The zero-order valence-corrected chi connectivity index (χ0v) is 12.9. The summed E-state index contributed by atoms with van der Waals surface area (Å²) in [7, 11) is 0. The summed E-state index contributed by atoms with van der Waals surface area (Å²) in [6.07, 6.45) is 5.13. The third kappa shape index (κ3) is 3.06. The molecule has 0 radical (unpaired) electrons. The van der Waals surface area contributed by atoms with Crippen molar-refractivity contribution in [3.05, 3.63) is 24.0 Å². The van der Waals surface area contributed by atoms with Crippen LogP contribution in [0.15, 0.2) is 18.3 Å². The van der Waals surface area contributed by atoms with Crippen molar-refractivity contribution in [2.45, 2.75) is 58.7 Å². The van der Waals surface area contributed by atoms with Crippen molar-refractivity contribution in [1.29, 1.82) is 0 Å². The average molecular weight is 277 g/mol. The zero-order valence-electron chi connectivity index (χ0n) is 12.9. The van der Waals surface area contributed by atoms with E-state index < -0.39 is 0 Å². The summed E-state index contributed by atoms with van der Waals surface area (Å²) in [5.74, 6) is 0.190. The van der Waals surface area contributed by atoms with Gasteiger partial charge in [-0.25, -0.2) is 0 Å². The molecule has 20 heavy (non-hydrogen) atoms. The third-order valence-electron chi connectivity index (χ3n) is 4.24. The number of rotatable bonds is 5. The molecule has 1 aliphatic heterocycles. The number of carbonyl (C=O) groups excluding carboxylic acids is 1. The predicted molar refractivity (Wildman–Crippen MR) is 81.9 cm³/mol. The Hall–Kier alpha value is -1.29. The Bertz CT molecular complexity index is 441. The van der Waals surface area contributed by atoms with Crippen molar-refractivity contribution in [1.82, 2.24) is 14.8 Å². The highest BCUT2D eigenvalue weighted by molar-refractivity contribution is 5.93. The maximum Gasteiger partial charge on any atom is 0.270 e. The van der Waals surface area contributed by atoms with Crippen LogP contribution in [0.3, 0.4) is 0 Å². The summed E-state index contributed by atoms with van der Waals surface area (Å²) in [5, 5.41) is 3.54. The first-order chi connectivity index (χ1) is 9.71. The van der Waals surface area contributed by atoms with E-state index in [0.29, 0.717) is 12.1 Å². The highest BCUT2D eigenvalue weighted by Gasteiger charge is 2.31. The Labute approximate surface area is 122 Å². The average Bonchev–Trinajstić information content (AvgIpc) is 2.94. The summed E-state index contributed by atoms with van der Waals surface area (Å²) in [5.41, 5.74) is 0.835. The minimum atomic E-state index is 0.190. The van der Waals surface area contributed by atoms with E-state index in [4.69, 9.17) is 0 Å². The fourth-order valence-corrected chi connectivity index (χ4v) is 2.94. The quantitative estimate of drug-likeness (QED) is 0.898. The number of hydrogen-bond donors (Lipinski definition) is 1. The summed E-state index contributed by atoms with van der Waals surface area (Å²) >= 11 is 0. The van der Waals surface area contributed by atoms with Gasteiger partial charge < -0.3 is 14.8 Å². The molecule has 1 aliphatic rings. The van der Waals surface area contributed by atoms with Crippen molar-refractivity contribution < 1.29 is 4.79 Å². The Morgan fingerprint density at radius 1 is 1.35 bits per heavy atom. The van der Waals surface area contributed by atoms with Gasteiger partial charge in [0, 0.05) is 37.9 Å². The zero-order chi connectivity index (χ0) is 14.5. The minimum absolute atomic E-state index is 0.190. The molecule has 4 nitrogen and oxygen atoms in total. The van der Waals surface area contributed by atoms with Crippen LogP contribution in [0.4, 0.5) is 0 Å². The Morgan fingerprint density at radius 3 is 2.80 bits per heavy atom. The van der Waals surface area contributed by atoms with Gasteiger partial charge in [0.25, 0.3) is 5.91 Å². The number of aromatic nitrogens is 1. The Kier molecular flexibility index (Phi) is 5.24. The van der Waals surface area contributed by atoms with Crippen molar-refractivity contribution in [2.75, 3.05) is 13.1 Å². The van der Waals surface area contributed by atoms with E-state index in [-0.39, 0.29) is 5.91 Å². The van der Waals surface area contributed by atoms with Gasteiger partial charge >= 0.3 is 0 Å². The monoisotopic (exact) mass is 277 g/mol. The SMILES string of the molecule is CCCn1cccc1C(=O)N1CC(CC)NCC1CC. The molecule has 1 aromatic rings. The Balaban J connectivity index is 2.18. The molecule has 0 spiro atoms. The molecule has 112 valence electrons. The number of piperazine rings is 1. The highest BCUT2D eigenvalue weighted by Crippen LogP contribution is 2.17. The smallest absolute Gasteiger partial charge is 0.270 e. The van der Waals surface area contributed by atoms with E-state index in [0.717, 1.165) is 44.6 Å². The lowest BCUT2D eigenvalue weighted by Gasteiger charge is -2.40. The van der Waals surface area contributed by atoms with Gasteiger partial charge in [0.2, 0.25) is 0 Å². The summed E-state index contributed by atoms with van der Waals surface area (Å²) in [6.45, 7) is 9.12. The van der Waals surface area contributed by atoms with Gasteiger partial charge in [0.1, 0.15) is 5.69 Å². The van der Waals surface area contributed by atoms with E-state index >= 15 is 0 Å². The van der Waals surface area contributed by atoms with Crippen LogP contribution in [0, 0.1) is 0 Å². The molecule has 1 N–H and O–H groups in total. The van der Waals surface area contributed by atoms with E-state index in [1.807, 2.05) is 18.3 Å². The van der Waals surface area contributed by atoms with Crippen LogP contribution < -0.4 is 5.32 Å². The number of nitrogens with zero attached hydrogens (tertiary/aromatic N) is 2. The van der Waals surface area contributed by atoms with Crippen molar-refractivity contribution in [3.63, 3.8) is 0 Å². The van der Waals surface area contributed by atoms with Crippen molar-refractivity contribution >= 4 is 5.91 Å².